The molecule has 144 valence electrons. The fraction of sp³-hybridized carbons (Fsp3) is 0.381. The van der Waals surface area contributed by atoms with E-state index in [9.17, 15) is 4.79 Å². The highest BCUT2D eigenvalue weighted by Crippen LogP contribution is 2.16. The van der Waals surface area contributed by atoms with Crippen molar-refractivity contribution in [3.8, 4) is 0 Å². The maximum Gasteiger partial charge on any atom is 0.230 e. The number of thioether (sulfide) groups is 1. The van der Waals surface area contributed by atoms with Crippen molar-refractivity contribution in [3.05, 3.63) is 70.7 Å². The zero-order chi connectivity index (χ0) is 18.9. The molecule has 0 aromatic heterocycles. The van der Waals surface area contributed by atoms with Crippen LogP contribution in [-0.2, 0) is 21.8 Å². The van der Waals surface area contributed by atoms with Crippen molar-refractivity contribution < 1.29 is 9.53 Å². The van der Waals surface area contributed by atoms with Gasteiger partial charge in [-0.25, -0.2) is 0 Å². The third-order valence-electron chi connectivity index (χ3n) is 4.39. The Morgan fingerprint density at radius 2 is 2.00 bits per heavy atom. The van der Waals surface area contributed by atoms with Crippen LogP contribution in [0.25, 0.3) is 0 Å². The molecule has 1 atom stereocenters. The highest BCUT2D eigenvalue weighted by molar-refractivity contribution is 7.99. The summed E-state index contributed by atoms with van der Waals surface area (Å²) in [6.45, 7) is 3.95. The summed E-state index contributed by atoms with van der Waals surface area (Å²) in [7, 11) is 0. The predicted octanol–water partition coefficient (Wildman–Crippen LogP) is 3.59. The maximum absolute atomic E-state index is 12.1. The fourth-order valence-electron chi connectivity index (χ4n) is 3.06. The first kappa shape index (κ1) is 20.2. The second-order valence-corrected chi connectivity index (χ2v) is 8.06. The third-order valence-corrected chi connectivity index (χ3v) is 5.63. The number of carbonyl (C=O) groups is 1. The molecule has 4 nitrogen and oxygen atoms in total. The molecule has 0 aliphatic carbocycles. The topological polar surface area (TPSA) is 41.6 Å². The first-order chi connectivity index (χ1) is 13.2. The Kier molecular flexibility index (Phi) is 8.02. The van der Waals surface area contributed by atoms with E-state index < -0.39 is 0 Å². The van der Waals surface area contributed by atoms with Crippen LogP contribution in [0.4, 0.5) is 0 Å². The first-order valence-corrected chi connectivity index (χ1v) is 10.7. The summed E-state index contributed by atoms with van der Waals surface area (Å²) in [5.41, 5.74) is 2.44. The van der Waals surface area contributed by atoms with Gasteiger partial charge in [-0.1, -0.05) is 54.1 Å². The van der Waals surface area contributed by atoms with Gasteiger partial charge in [0.1, 0.15) is 0 Å². The second kappa shape index (κ2) is 10.7. The fourth-order valence-corrected chi connectivity index (χ4v) is 4.07. The molecule has 2 aromatic carbocycles. The van der Waals surface area contributed by atoms with Gasteiger partial charge in [-0.05, 0) is 23.3 Å². The normalized spacial score (nSPS) is 17.6. The Morgan fingerprint density at radius 3 is 2.81 bits per heavy atom. The second-order valence-electron chi connectivity index (χ2n) is 6.64. The van der Waals surface area contributed by atoms with Crippen LogP contribution in [0.5, 0.6) is 0 Å². The molecule has 1 unspecified atom stereocenters. The molecule has 1 aliphatic heterocycles. The van der Waals surface area contributed by atoms with Crippen molar-refractivity contribution in [1.82, 2.24) is 10.2 Å². The third kappa shape index (κ3) is 7.18. The van der Waals surface area contributed by atoms with Crippen LogP contribution in [-0.4, -0.2) is 48.9 Å². The van der Waals surface area contributed by atoms with Crippen molar-refractivity contribution in [1.29, 1.82) is 0 Å². The van der Waals surface area contributed by atoms with Crippen LogP contribution in [0.2, 0.25) is 5.02 Å². The lowest BCUT2D eigenvalue weighted by Crippen LogP contribution is -2.47. The summed E-state index contributed by atoms with van der Waals surface area (Å²) in [5.74, 6) is 1.26. The molecule has 1 N–H and O–H groups in total. The van der Waals surface area contributed by atoms with E-state index in [1.165, 1.54) is 5.56 Å². The number of amides is 1. The quantitative estimate of drug-likeness (QED) is 0.730. The molecule has 6 heteroatoms. The van der Waals surface area contributed by atoms with Gasteiger partial charge < -0.3 is 10.1 Å². The molecule has 27 heavy (non-hydrogen) atoms. The molecule has 1 aliphatic rings. The van der Waals surface area contributed by atoms with Crippen LogP contribution in [0.3, 0.4) is 0 Å². The number of hydrogen-bond acceptors (Lipinski definition) is 4. The Hall–Kier alpha value is -1.53. The minimum absolute atomic E-state index is 0.0457. The minimum Gasteiger partial charge on any atom is -0.374 e. The monoisotopic (exact) mass is 404 g/mol. The van der Waals surface area contributed by atoms with E-state index in [2.05, 4.69) is 34.5 Å². The minimum atomic E-state index is 0.0457. The maximum atomic E-state index is 12.1. The molecule has 3 rings (SSSR count). The number of rotatable bonds is 8. The summed E-state index contributed by atoms with van der Waals surface area (Å²) in [5, 5.41) is 3.73. The summed E-state index contributed by atoms with van der Waals surface area (Å²) < 4.78 is 5.81. The summed E-state index contributed by atoms with van der Waals surface area (Å²) in [6.07, 6.45) is 0.0457. The van der Waals surface area contributed by atoms with Crippen LogP contribution >= 0.6 is 23.4 Å². The number of benzene rings is 2. The highest BCUT2D eigenvalue weighted by Gasteiger charge is 2.21. The SMILES string of the molecule is O=C(CSCc1cccc(Cl)c1)NCC1CN(Cc2ccccc2)CCO1. The van der Waals surface area contributed by atoms with E-state index in [0.717, 1.165) is 36.0 Å². The van der Waals surface area contributed by atoms with Gasteiger partial charge in [0.2, 0.25) is 5.91 Å². The summed E-state index contributed by atoms with van der Waals surface area (Å²) >= 11 is 7.57. The van der Waals surface area contributed by atoms with E-state index in [-0.39, 0.29) is 12.0 Å². The molecule has 1 amide bonds. The van der Waals surface area contributed by atoms with E-state index >= 15 is 0 Å². The number of hydrogen-bond donors (Lipinski definition) is 1. The zero-order valence-electron chi connectivity index (χ0n) is 15.3. The molecule has 1 fully saturated rings. The van der Waals surface area contributed by atoms with Crippen molar-refractivity contribution in [3.63, 3.8) is 0 Å². The molecule has 0 bridgehead atoms. The van der Waals surface area contributed by atoms with Crippen LogP contribution in [0.15, 0.2) is 54.6 Å². The van der Waals surface area contributed by atoms with Crippen molar-refractivity contribution >= 4 is 29.3 Å². The zero-order valence-corrected chi connectivity index (χ0v) is 16.8. The van der Waals surface area contributed by atoms with E-state index in [1.807, 2.05) is 30.3 Å². The summed E-state index contributed by atoms with van der Waals surface area (Å²) in [6, 6.07) is 18.2. The van der Waals surface area contributed by atoms with Crippen LogP contribution < -0.4 is 5.32 Å². The van der Waals surface area contributed by atoms with Crippen molar-refractivity contribution in [2.24, 2.45) is 0 Å². The van der Waals surface area contributed by atoms with Crippen LogP contribution in [0, 0.1) is 0 Å². The van der Waals surface area contributed by atoms with Gasteiger partial charge >= 0.3 is 0 Å². The number of ether oxygens (including phenoxy) is 1. The van der Waals surface area contributed by atoms with Gasteiger partial charge in [0.25, 0.3) is 0 Å². The van der Waals surface area contributed by atoms with E-state index in [4.69, 9.17) is 16.3 Å². The lowest BCUT2D eigenvalue weighted by Gasteiger charge is -2.33. The molecular weight excluding hydrogens is 380 g/mol. The predicted molar refractivity (Wildman–Crippen MR) is 112 cm³/mol. The molecule has 0 saturated carbocycles. The molecular formula is C21H25ClN2O2S. The Bertz CT molecular complexity index is 729. The van der Waals surface area contributed by atoms with Gasteiger partial charge in [-0.3, -0.25) is 9.69 Å². The first-order valence-electron chi connectivity index (χ1n) is 9.16. The van der Waals surface area contributed by atoms with Crippen LogP contribution in [0.1, 0.15) is 11.1 Å². The lowest BCUT2D eigenvalue weighted by molar-refractivity contribution is -0.119. The average molecular weight is 405 g/mol. The van der Waals surface area contributed by atoms with E-state index in [0.29, 0.717) is 18.9 Å². The van der Waals surface area contributed by atoms with Gasteiger partial charge in [0, 0.05) is 37.0 Å². The molecule has 0 spiro atoms. The van der Waals surface area contributed by atoms with Gasteiger partial charge in [0.05, 0.1) is 18.5 Å². The van der Waals surface area contributed by atoms with E-state index in [1.54, 1.807) is 11.8 Å². The van der Waals surface area contributed by atoms with Crippen molar-refractivity contribution in [2.75, 3.05) is 32.0 Å². The molecule has 1 heterocycles. The Labute approximate surface area is 170 Å². The smallest absolute Gasteiger partial charge is 0.230 e. The highest BCUT2D eigenvalue weighted by atomic mass is 35.5. The largest absolute Gasteiger partial charge is 0.374 e. The number of nitrogens with one attached hydrogen (secondary N) is 1. The number of nitrogens with zero attached hydrogens (tertiary/aromatic N) is 1. The number of carbonyl (C=O) groups excluding carboxylic acids is 1. The molecule has 0 radical (unpaired) electrons. The number of morpholine rings is 1. The van der Waals surface area contributed by atoms with Gasteiger partial charge in [-0.2, -0.15) is 0 Å². The standard InChI is InChI=1S/C21H25ClN2O2S/c22-19-8-4-7-18(11-19)15-27-16-21(25)23-12-20-14-24(9-10-26-20)13-17-5-2-1-3-6-17/h1-8,11,20H,9-10,12-16H2,(H,23,25). The van der Waals surface area contributed by atoms with Crippen molar-refractivity contribution in [2.45, 2.75) is 18.4 Å². The summed E-state index contributed by atoms with van der Waals surface area (Å²) in [4.78, 5) is 14.5. The van der Waals surface area contributed by atoms with Gasteiger partial charge in [0.15, 0.2) is 0 Å². The average Bonchev–Trinajstić information content (AvgIpc) is 2.68. The Balaban J connectivity index is 1.34. The van der Waals surface area contributed by atoms with Gasteiger partial charge in [-0.15, -0.1) is 11.8 Å². The Morgan fingerprint density at radius 1 is 1.19 bits per heavy atom. The molecule has 2 aromatic rings. The lowest BCUT2D eigenvalue weighted by atomic mass is 10.2. The number of halogens is 1. The molecule has 1 saturated heterocycles.